The highest BCUT2D eigenvalue weighted by Gasteiger charge is 2.48. The zero-order valence-corrected chi connectivity index (χ0v) is 9.95. The first-order chi connectivity index (χ1) is 7.74. The van der Waals surface area contributed by atoms with Crippen LogP contribution in [0.3, 0.4) is 0 Å². The molecule has 0 aromatic rings. The third kappa shape index (κ3) is 1.97. The van der Waals surface area contributed by atoms with E-state index in [9.17, 15) is 4.79 Å². The molecule has 0 aromatic carbocycles. The second-order valence-electron chi connectivity index (χ2n) is 5.79. The molecule has 0 spiro atoms. The molecule has 0 radical (unpaired) electrons. The number of amides is 1. The van der Waals surface area contributed by atoms with Gasteiger partial charge >= 0.3 is 0 Å². The Balaban J connectivity index is 1.42. The van der Waals surface area contributed by atoms with E-state index in [0.717, 1.165) is 44.2 Å². The highest BCUT2D eigenvalue weighted by molar-refractivity contribution is 5.79. The van der Waals surface area contributed by atoms with Crippen LogP contribution in [-0.2, 0) is 9.53 Å². The minimum Gasteiger partial charge on any atom is -0.378 e. The van der Waals surface area contributed by atoms with Crippen LogP contribution >= 0.6 is 0 Å². The minimum absolute atomic E-state index is 0.298. The smallest absolute Gasteiger partial charge is 0.223 e. The van der Waals surface area contributed by atoms with Crippen molar-refractivity contribution in [3.8, 4) is 0 Å². The van der Waals surface area contributed by atoms with Crippen molar-refractivity contribution in [2.45, 2.75) is 38.7 Å². The number of hydrogen-bond donors (Lipinski definition) is 1. The third-order valence-corrected chi connectivity index (χ3v) is 4.69. The van der Waals surface area contributed by atoms with Crippen molar-refractivity contribution >= 4 is 5.91 Å². The fraction of sp³-hybridized carbons (Fsp3) is 0.923. The fourth-order valence-corrected chi connectivity index (χ4v) is 3.35. The molecule has 3 rings (SSSR count). The van der Waals surface area contributed by atoms with E-state index in [1.807, 2.05) is 0 Å². The molecule has 3 heteroatoms. The number of ether oxygens (including phenoxy) is 1. The summed E-state index contributed by atoms with van der Waals surface area (Å²) in [6.45, 7) is 3.77. The summed E-state index contributed by atoms with van der Waals surface area (Å²) in [5, 5.41) is 3.12. The molecule has 3 aliphatic rings. The lowest BCUT2D eigenvalue weighted by atomic mass is 10.0. The van der Waals surface area contributed by atoms with E-state index in [1.165, 1.54) is 6.42 Å². The number of rotatable bonds is 3. The summed E-state index contributed by atoms with van der Waals surface area (Å²) in [4.78, 5) is 11.9. The number of carbonyl (C=O) groups excluding carboxylic acids is 1. The zero-order valence-electron chi connectivity index (χ0n) is 9.95. The van der Waals surface area contributed by atoms with Crippen LogP contribution in [-0.4, -0.2) is 25.2 Å². The normalized spacial score (nSPS) is 45.4. The van der Waals surface area contributed by atoms with Crippen molar-refractivity contribution in [2.24, 2.45) is 23.7 Å². The summed E-state index contributed by atoms with van der Waals surface area (Å²) in [6, 6.07) is 0. The molecule has 1 N–H and O–H groups in total. The van der Waals surface area contributed by atoms with Crippen molar-refractivity contribution in [3.63, 3.8) is 0 Å². The Morgan fingerprint density at radius 1 is 1.31 bits per heavy atom. The molecule has 0 bridgehead atoms. The zero-order chi connectivity index (χ0) is 11.1. The molecule has 1 aliphatic heterocycles. The van der Waals surface area contributed by atoms with Gasteiger partial charge in [0.25, 0.3) is 0 Å². The van der Waals surface area contributed by atoms with Crippen molar-refractivity contribution in [2.75, 3.05) is 13.2 Å². The average molecular weight is 223 g/mol. The molecule has 1 heterocycles. The summed E-state index contributed by atoms with van der Waals surface area (Å²) in [5.41, 5.74) is 0. The second-order valence-corrected chi connectivity index (χ2v) is 5.79. The number of nitrogens with one attached hydrogen (secondary N) is 1. The van der Waals surface area contributed by atoms with Gasteiger partial charge in [-0.05, 0) is 44.4 Å². The average Bonchev–Trinajstić information content (AvgIpc) is 2.71. The van der Waals surface area contributed by atoms with Crippen LogP contribution in [0.5, 0.6) is 0 Å². The van der Waals surface area contributed by atoms with Gasteiger partial charge in [-0.25, -0.2) is 0 Å². The fourth-order valence-electron chi connectivity index (χ4n) is 3.35. The molecule has 3 fully saturated rings. The number of hydrogen-bond acceptors (Lipinski definition) is 2. The standard InChI is InChI=1S/C13H21NO2/c1-8-9(2-3-16-8)7-14-13(15)12-5-10-4-11(10)6-12/h8-12H,2-7H2,1H3,(H,14,15). The third-order valence-electron chi connectivity index (χ3n) is 4.69. The van der Waals surface area contributed by atoms with Crippen LogP contribution in [0.1, 0.15) is 32.6 Å². The van der Waals surface area contributed by atoms with E-state index < -0.39 is 0 Å². The molecule has 1 amide bonds. The maximum atomic E-state index is 11.9. The SMILES string of the molecule is CC1OCCC1CNC(=O)C1CC2CC2C1. The number of carbonyl (C=O) groups is 1. The molecule has 3 nitrogen and oxygen atoms in total. The Morgan fingerprint density at radius 3 is 2.69 bits per heavy atom. The molecule has 1 saturated heterocycles. The van der Waals surface area contributed by atoms with Gasteiger partial charge in [0.1, 0.15) is 0 Å². The van der Waals surface area contributed by atoms with Gasteiger partial charge in [0.15, 0.2) is 0 Å². The monoisotopic (exact) mass is 223 g/mol. The maximum absolute atomic E-state index is 11.9. The van der Waals surface area contributed by atoms with E-state index >= 15 is 0 Å². The van der Waals surface area contributed by atoms with Crippen molar-refractivity contribution in [1.82, 2.24) is 5.32 Å². The summed E-state index contributed by atoms with van der Waals surface area (Å²) < 4.78 is 5.50. The maximum Gasteiger partial charge on any atom is 0.223 e. The van der Waals surface area contributed by atoms with Gasteiger partial charge in [-0.2, -0.15) is 0 Å². The Bertz CT molecular complexity index is 282. The van der Waals surface area contributed by atoms with Gasteiger partial charge in [0, 0.05) is 25.0 Å². The van der Waals surface area contributed by atoms with Gasteiger partial charge in [-0.15, -0.1) is 0 Å². The Labute approximate surface area is 96.9 Å². The van der Waals surface area contributed by atoms with E-state index in [2.05, 4.69) is 12.2 Å². The lowest BCUT2D eigenvalue weighted by Gasteiger charge is -2.17. The molecule has 0 aromatic heterocycles. The van der Waals surface area contributed by atoms with E-state index in [0.29, 0.717) is 23.8 Å². The molecule has 90 valence electrons. The highest BCUT2D eigenvalue weighted by Crippen LogP contribution is 2.54. The molecule has 2 aliphatic carbocycles. The topological polar surface area (TPSA) is 38.3 Å². The van der Waals surface area contributed by atoms with E-state index in [-0.39, 0.29) is 0 Å². The Morgan fingerprint density at radius 2 is 2.06 bits per heavy atom. The summed E-state index contributed by atoms with van der Waals surface area (Å²) >= 11 is 0. The quantitative estimate of drug-likeness (QED) is 0.788. The van der Waals surface area contributed by atoms with Crippen LogP contribution in [0, 0.1) is 23.7 Å². The highest BCUT2D eigenvalue weighted by atomic mass is 16.5. The molecule has 4 atom stereocenters. The lowest BCUT2D eigenvalue weighted by molar-refractivity contribution is -0.125. The first-order valence-corrected chi connectivity index (χ1v) is 6.63. The molecule has 2 saturated carbocycles. The summed E-state index contributed by atoms with van der Waals surface area (Å²) in [5.74, 6) is 2.93. The molecule has 4 unspecified atom stereocenters. The predicted molar refractivity (Wildman–Crippen MR) is 60.9 cm³/mol. The van der Waals surface area contributed by atoms with Gasteiger partial charge in [-0.3, -0.25) is 4.79 Å². The first kappa shape index (κ1) is 10.6. The van der Waals surface area contributed by atoms with Crippen LogP contribution in [0.2, 0.25) is 0 Å². The van der Waals surface area contributed by atoms with E-state index in [1.54, 1.807) is 0 Å². The first-order valence-electron chi connectivity index (χ1n) is 6.63. The van der Waals surface area contributed by atoms with Crippen LogP contribution in [0.4, 0.5) is 0 Å². The lowest BCUT2D eigenvalue weighted by Crippen LogP contribution is -2.35. The van der Waals surface area contributed by atoms with Crippen LogP contribution in [0.25, 0.3) is 0 Å². The molecular formula is C13H21NO2. The van der Waals surface area contributed by atoms with Gasteiger partial charge in [0.05, 0.1) is 6.10 Å². The number of fused-ring (bicyclic) bond motifs is 1. The van der Waals surface area contributed by atoms with Gasteiger partial charge < -0.3 is 10.1 Å². The Hall–Kier alpha value is -0.570. The van der Waals surface area contributed by atoms with Crippen molar-refractivity contribution < 1.29 is 9.53 Å². The predicted octanol–water partition coefficient (Wildman–Crippen LogP) is 1.57. The summed E-state index contributed by atoms with van der Waals surface area (Å²) in [7, 11) is 0. The van der Waals surface area contributed by atoms with Gasteiger partial charge in [-0.1, -0.05) is 0 Å². The van der Waals surface area contributed by atoms with Crippen molar-refractivity contribution in [1.29, 1.82) is 0 Å². The van der Waals surface area contributed by atoms with Crippen LogP contribution < -0.4 is 5.32 Å². The Kier molecular flexibility index (Phi) is 2.66. The molecule has 16 heavy (non-hydrogen) atoms. The summed E-state index contributed by atoms with van der Waals surface area (Å²) in [6.07, 6.45) is 5.09. The largest absolute Gasteiger partial charge is 0.378 e. The van der Waals surface area contributed by atoms with Crippen LogP contribution in [0.15, 0.2) is 0 Å². The van der Waals surface area contributed by atoms with Crippen molar-refractivity contribution in [3.05, 3.63) is 0 Å². The van der Waals surface area contributed by atoms with Gasteiger partial charge in [0.2, 0.25) is 5.91 Å². The van der Waals surface area contributed by atoms with E-state index in [4.69, 9.17) is 4.74 Å². The molecular weight excluding hydrogens is 202 g/mol. The minimum atomic E-state index is 0.298. The second kappa shape index (κ2) is 4.02.